The molecule has 0 saturated carbocycles. The van der Waals surface area contributed by atoms with Gasteiger partial charge in [-0.25, -0.2) is 13.5 Å². The van der Waals surface area contributed by atoms with E-state index < -0.39 is 11.6 Å². The SMILES string of the molecule is Cc1ccc(C)c(-n2nnc(CN)c2-c2ccc(F)c(F)c2)c1. The van der Waals surface area contributed by atoms with Crippen LogP contribution in [0.2, 0.25) is 0 Å². The van der Waals surface area contributed by atoms with Crippen molar-refractivity contribution in [2.24, 2.45) is 5.73 Å². The minimum absolute atomic E-state index is 0.152. The van der Waals surface area contributed by atoms with Crippen molar-refractivity contribution in [1.29, 1.82) is 0 Å². The Bertz CT molecular complexity index is 871. The first-order chi connectivity index (χ1) is 11.0. The van der Waals surface area contributed by atoms with Gasteiger partial charge in [-0.1, -0.05) is 17.3 Å². The van der Waals surface area contributed by atoms with Gasteiger partial charge in [0, 0.05) is 12.1 Å². The van der Waals surface area contributed by atoms with Crippen LogP contribution in [0.1, 0.15) is 16.8 Å². The van der Waals surface area contributed by atoms with E-state index >= 15 is 0 Å². The molecular formula is C17H16F2N4. The second-order valence-electron chi connectivity index (χ2n) is 5.42. The molecule has 0 aliphatic carbocycles. The molecule has 4 nitrogen and oxygen atoms in total. The maximum absolute atomic E-state index is 13.6. The molecule has 0 bridgehead atoms. The largest absolute Gasteiger partial charge is 0.325 e. The van der Waals surface area contributed by atoms with Gasteiger partial charge in [-0.15, -0.1) is 5.10 Å². The molecule has 0 fully saturated rings. The van der Waals surface area contributed by atoms with Gasteiger partial charge < -0.3 is 5.73 Å². The molecule has 118 valence electrons. The summed E-state index contributed by atoms with van der Waals surface area (Å²) >= 11 is 0. The molecule has 3 rings (SSSR count). The molecule has 23 heavy (non-hydrogen) atoms. The van der Waals surface area contributed by atoms with Gasteiger partial charge in [-0.3, -0.25) is 0 Å². The van der Waals surface area contributed by atoms with Crippen molar-refractivity contribution >= 4 is 0 Å². The summed E-state index contributed by atoms with van der Waals surface area (Å²) in [6.07, 6.45) is 0. The quantitative estimate of drug-likeness (QED) is 0.807. The summed E-state index contributed by atoms with van der Waals surface area (Å²) in [6.45, 7) is 4.08. The molecule has 0 amide bonds. The highest BCUT2D eigenvalue weighted by Crippen LogP contribution is 2.28. The van der Waals surface area contributed by atoms with E-state index in [4.69, 9.17) is 5.73 Å². The maximum Gasteiger partial charge on any atom is 0.159 e. The van der Waals surface area contributed by atoms with Crippen molar-refractivity contribution < 1.29 is 8.78 Å². The molecule has 6 heteroatoms. The molecule has 0 aliphatic rings. The average Bonchev–Trinajstić information content (AvgIpc) is 2.96. The fourth-order valence-corrected chi connectivity index (χ4v) is 2.50. The van der Waals surface area contributed by atoms with Gasteiger partial charge in [0.05, 0.1) is 11.4 Å². The topological polar surface area (TPSA) is 56.7 Å². The smallest absolute Gasteiger partial charge is 0.159 e. The van der Waals surface area contributed by atoms with Gasteiger partial charge in [0.15, 0.2) is 11.6 Å². The van der Waals surface area contributed by atoms with E-state index in [2.05, 4.69) is 10.3 Å². The molecule has 0 saturated heterocycles. The first kappa shape index (κ1) is 15.3. The summed E-state index contributed by atoms with van der Waals surface area (Å²) < 4.78 is 28.5. The predicted octanol–water partition coefficient (Wildman–Crippen LogP) is 3.29. The zero-order valence-electron chi connectivity index (χ0n) is 12.8. The number of aryl methyl sites for hydroxylation is 2. The Hall–Kier alpha value is -2.60. The third-order valence-corrected chi connectivity index (χ3v) is 3.72. The number of benzene rings is 2. The normalized spacial score (nSPS) is 11.0. The molecule has 2 aromatic carbocycles. The van der Waals surface area contributed by atoms with Crippen LogP contribution >= 0.6 is 0 Å². The van der Waals surface area contributed by atoms with Crippen molar-refractivity contribution in [3.8, 4) is 16.9 Å². The minimum Gasteiger partial charge on any atom is -0.325 e. The van der Waals surface area contributed by atoms with E-state index in [0.29, 0.717) is 17.0 Å². The van der Waals surface area contributed by atoms with Crippen molar-refractivity contribution in [3.63, 3.8) is 0 Å². The van der Waals surface area contributed by atoms with Gasteiger partial charge >= 0.3 is 0 Å². The van der Waals surface area contributed by atoms with Gasteiger partial charge in [0.2, 0.25) is 0 Å². The van der Waals surface area contributed by atoms with Crippen LogP contribution in [0.3, 0.4) is 0 Å². The monoisotopic (exact) mass is 314 g/mol. The maximum atomic E-state index is 13.6. The van der Waals surface area contributed by atoms with Gasteiger partial charge in [0.25, 0.3) is 0 Å². The molecule has 2 N–H and O–H groups in total. The molecular weight excluding hydrogens is 298 g/mol. The average molecular weight is 314 g/mol. The minimum atomic E-state index is -0.917. The lowest BCUT2D eigenvalue weighted by atomic mass is 10.1. The van der Waals surface area contributed by atoms with E-state index in [-0.39, 0.29) is 6.54 Å². The van der Waals surface area contributed by atoms with Crippen molar-refractivity contribution in [1.82, 2.24) is 15.0 Å². The molecule has 1 aromatic heterocycles. The standard InChI is InChI=1S/C17H16F2N4/c1-10-3-4-11(2)16(7-10)23-17(15(9-20)21-22-23)12-5-6-13(18)14(19)8-12/h3-8H,9,20H2,1-2H3. The molecule has 0 unspecified atom stereocenters. The van der Waals surface area contributed by atoms with Crippen molar-refractivity contribution in [2.75, 3.05) is 0 Å². The highest BCUT2D eigenvalue weighted by atomic mass is 19.2. The van der Waals surface area contributed by atoms with Crippen LogP contribution in [0.5, 0.6) is 0 Å². The number of aromatic nitrogens is 3. The fraction of sp³-hybridized carbons (Fsp3) is 0.176. The summed E-state index contributed by atoms with van der Waals surface area (Å²) in [4.78, 5) is 0. The molecule has 0 spiro atoms. The Balaban J connectivity index is 2.25. The number of hydrogen-bond donors (Lipinski definition) is 1. The van der Waals surface area contributed by atoms with Gasteiger partial charge in [-0.05, 0) is 49.2 Å². The lowest BCUT2D eigenvalue weighted by Crippen LogP contribution is -2.05. The molecule has 1 heterocycles. The number of nitrogens with zero attached hydrogens (tertiary/aromatic N) is 3. The third kappa shape index (κ3) is 2.73. The van der Waals surface area contributed by atoms with Crippen LogP contribution in [-0.4, -0.2) is 15.0 Å². The second-order valence-corrected chi connectivity index (χ2v) is 5.42. The van der Waals surface area contributed by atoms with Crippen molar-refractivity contribution in [3.05, 3.63) is 64.9 Å². The summed E-state index contributed by atoms with van der Waals surface area (Å²) in [6, 6.07) is 9.66. The molecule has 0 aliphatic heterocycles. The van der Waals surface area contributed by atoms with Crippen LogP contribution in [-0.2, 0) is 6.54 Å². The van der Waals surface area contributed by atoms with Gasteiger partial charge in [-0.2, -0.15) is 0 Å². The van der Waals surface area contributed by atoms with E-state index in [0.717, 1.165) is 28.9 Å². The lowest BCUT2D eigenvalue weighted by molar-refractivity contribution is 0.509. The first-order valence-corrected chi connectivity index (χ1v) is 7.19. The Morgan fingerprint density at radius 1 is 1.04 bits per heavy atom. The Morgan fingerprint density at radius 3 is 2.52 bits per heavy atom. The molecule has 3 aromatic rings. The van der Waals surface area contributed by atoms with Crippen LogP contribution in [0.25, 0.3) is 16.9 Å². The highest BCUT2D eigenvalue weighted by molar-refractivity contribution is 5.65. The number of rotatable bonds is 3. The third-order valence-electron chi connectivity index (χ3n) is 3.72. The van der Waals surface area contributed by atoms with E-state index in [1.807, 2.05) is 32.0 Å². The summed E-state index contributed by atoms with van der Waals surface area (Å²) in [5.74, 6) is -1.81. The summed E-state index contributed by atoms with van der Waals surface area (Å²) in [5, 5.41) is 8.24. The molecule has 0 radical (unpaired) electrons. The second kappa shape index (κ2) is 5.89. The predicted molar refractivity (Wildman–Crippen MR) is 84.1 cm³/mol. The zero-order valence-corrected chi connectivity index (χ0v) is 12.8. The Labute approximate surface area is 132 Å². The van der Waals surface area contributed by atoms with E-state index in [1.54, 1.807) is 4.68 Å². The van der Waals surface area contributed by atoms with E-state index in [9.17, 15) is 8.78 Å². The zero-order chi connectivity index (χ0) is 16.6. The summed E-state index contributed by atoms with van der Waals surface area (Å²) in [5.41, 5.74) is 10.2. The van der Waals surface area contributed by atoms with Crippen LogP contribution in [0, 0.1) is 25.5 Å². The molecule has 0 atom stereocenters. The Morgan fingerprint density at radius 2 is 1.83 bits per heavy atom. The van der Waals surface area contributed by atoms with E-state index in [1.165, 1.54) is 6.07 Å². The van der Waals surface area contributed by atoms with Crippen LogP contribution in [0.4, 0.5) is 8.78 Å². The summed E-state index contributed by atoms with van der Waals surface area (Å²) in [7, 11) is 0. The number of hydrogen-bond acceptors (Lipinski definition) is 3. The Kier molecular flexibility index (Phi) is 3.92. The van der Waals surface area contributed by atoms with Gasteiger partial charge in [0.1, 0.15) is 5.69 Å². The van der Waals surface area contributed by atoms with Crippen LogP contribution < -0.4 is 5.73 Å². The fourth-order valence-electron chi connectivity index (χ4n) is 2.50. The number of halogens is 2. The lowest BCUT2D eigenvalue weighted by Gasteiger charge is -2.11. The van der Waals surface area contributed by atoms with Crippen LogP contribution in [0.15, 0.2) is 36.4 Å². The highest BCUT2D eigenvalue weighted by Gasteiger charge is 2.18. The number of nitrogens with two attached hydrogens (primary N) is 1. The van der Waals surface area contributed by atoms with Crippen molar-refractivity contribution in [2.45, 2.75) is 20.4 Å². The first-order valence-electron chi connectivity index (χ1n) is 7.19.